The number of ether oxygens (including phenoxy) is 2. The lowest BCUT2D eigenvalue weighted by Crippen LogP contribution is -2.32. The molecule has 0 spiro atoms. The summed E-state index contributed by atoms with van der Waals surface area (Å²) in [7, 11) is 0. The summed E-state index contributed by atoms with van der Waals surface area (Å²) in [4.78, 5) is 23.9. The minimum atomic E-state index is -0.574. The van der Waals surface area contributed by atoms with Crippen LogP contribution in [0.25, 0.3) is 0 Å². The molecule has 5 heteroatoms. The van der Waals surface area contributed by atoms with E-state index in [0.717, 1.165) is 17.5 Å². The van der Waals surface area contributed by atoms with E-state index in [9.17, 15) is 9.59 Å². The van der Waals surface area contributed by atoms with Crippen molar-refractivity contribution in [3.05, 3.63) is 64.7 Å². The molecule has 0 bridgehead atoms. The normalized spacial score (nSPS) is 11.6. The third-order valence-corrected chi connectivity index (χ3v) is 4.47. The number of carbonyl (C=O) groups excluding carboxylic acids is 2. The molecule has 0 aromatic heterocycles. The second-order valence-electron chi connectivity index (χ2n) is 6.54. The van der Waals surface area contributed by atoms with Gasteiger partial charge in [-0.1, -0.05) is 43.3 Å². The molecule has 2 rings (SSSR count). The summed E-state index contributed by atoms with van der Waals surface area (Å²) < 4.78 is 10.5. The van der Waals surface area contributed by atoms with Crippen molar-refractivity contribution in [3.63, 3.8) is 0 Å². The SMILES string of the molecule is CCc1ccccc1OCC(=O)OCC(=O)NC(C)c1ccc(C)c(C)c1. The third-order valence-electron chi connectivity index (χ3n) is 4.47. The number of amides is 1. The first-order valence-electron chi connectivity index (χ1n) is 9.13. The number of benzene rings is 2. The van der Waals surface area contributed by atoms with Crippen LogP contribution in [0.2, 0.25) is 0 Å². The van der Waals surface area contributed by atoms with Crippen LogP contribution in [-0.2, 0) is 20.7 Å². The summed E-state index contributed by atoms with van der Waals surface area (Å²) >= 11 is 0. The summed E-state index contributed by atoms with van der Waals surface area (Å²) in [6.45, 7) is 7.44. The lowest BCUT2D eigenvalue weighted by Gasteiger charge is -2.16. The molecule has 0 aliphatic heterocycles. The molecule has 1 atom stereocenters. The fourth-order valence-electron chi connectivity index (χ4n) is 2.66. The second kappa shape index (κ2) is 9.76. The van der Waals surface area contributed by atoms with Gasteiger partial charge in [0.15, 0.2) is 13.2 Å². The maximum absolute atomic E-state index is 12.0. The van der Waals surface area contributed by atoms with Crippen LogP contribution in [-0.4, -0.2) is 25.1 Å². The van der Waals surface area contributed by atoms with Crippen molar-refractivity contribution in [2.45, 2.75) is 40.2 Å². The Balaban J connectivity index is 1.77. The van der Waals surface area contributed by atoms with Gasteiger partial charge in [-0.25, -0.2) is 4.79 Å². The van der Waals surface area contributed by atoms with E-state index < -0.39 is 5.97 Å². The first-order chi connectivity index (χ1) is 12.9. The van der Waals surface area contributed by atoms with Crippen molar-refractivity contribution in [1.29, 1.82) is 0 Å². The number of rotatable bonds is 8. The molecule has 1 N–H and O–H groups in total. The van der Waals surface area contributed by atoms with Gasteiger partial charge in [0.2, 0.25) is 0 Å². The maximum Gasteiger partial charge on any atom is 0.344 e. The molecule has 27 heavy (non-hydrogen) atoms. The number of hydrogen-bond acceptors (Lipinski definition) is 4. The lowest BCUT2D eigenvalue weighted by atomic mass is 10.0. The molecular formula is C22H27NO4. The zero-order valence-electron chi connectivity index (χ0n) is 16.4. The van der Waals surface area contributed by atoms with Crippen molar-refractivity contribution in [2.24, 2.45) is 0 Å². The van der Waals surface area contributed by atoms with Gasteiger partial charge in [-0.3, -0.25) is 4.79 Å². The Kier molecular flexibility index (Phi) is 7.41. The number of para-hydroxylation sites is 1. The minimum absolute atomic E-state index is 0.164. The summed E-state index contributed by atoms with van der Waals surface area (Å²) in [5, 5.41) is 2.83. The van der Waals surface area contributed by atoms with Crippen LogP contribution >= 0.6 is 0 Å². The van der Waals surface area contributed by atoms with Crippen molar-refractivity contribution >= 4 is 11.9 Å². The standard InChI is InChI=1S/C22H27NO4/c1-5-18-8-6-7-9-20(18)26-14-22(25)27-13-21(24)23-17(4)19-11-10-15(2)16(3)12-19/h6-12,17H,5,13-14H2,1-4H3,(H,23,24). The van der Waals surface area contributed by atoms with E-state index in [1.807, 2.05) is 70.2 Å². The zero-order valence-corrected chi connectivity index (χ0v) is 16.4. The van der Waals surface area contributed by atoms with E-state index in [0.29, 0.717) is 5.75 Å². The smallest absolute Gasteiger partial charge is 0.344 e. The Morgan fingerprint density at radius 1 is 1.04 bits per heavy atom. The van der Waals surface area contributed by atoms with Crippen molar-refractivity contribution < 1.29 is 19.1 Å². The highest BCUT2D eigenvalue weighted by atomic mass is 16.6. The molecule has 1 unspecified atom stereocenters. The first kappa shape index (κ1) is 20.5. The van der Waals surface area contributed by atoms with E-state index in [1.165, 1.54) is 11.1 Å². The van der Waals surface area contributed by atoms with Gasteiger partial charge in [-0.15, -0.1) is 0 Å². The fourth-order valence-corrected chi connectivity index (χ4v) is 2.66. The molecule has 2 aromatic carbocycles. The molecule has 1 amide bonds. The van der Waals surface area contributed by atoms with Crippen LogP contribution in [0.4, 0.5) is 0 Å². The molecule has 2 aromatic rings. The van der Waals surface area contributed by atoms with Crippen LogP contribution in [0.3, 0.4) is 0 Å². The van der Waals surface area contributed by atoms with Crippen LogP contribution in [0.1, 0.15) is 42.1 Å². The Hall–Kier alpha value is -2.82. The van der Waals surface area contributed by atoms with Gasteiger partial charge in [0.05, 0.1) is 6.04 Å². The van der Waals surface area contributed by atoms with Gasteiger partial charge in [-0.2, -0.15) is 0 Å². The van der Waals surface area contributed by atoms with Crippen molar-refractivity contribution in [1.82, 2.24) is 5.32 Å². The molecule has 144 valence electrons. The largest absolute Gasteiger partial charge is 0.482 e. The van der Waals surface area contributed by atoms with E-state index in [-0.39, 0.29) is 25.2 Å². The highest BCUT2D eigenvalue weighted by molar-refractivity contribution is 5.81. The predicted molar refractivity (Wildman–Crippen MR) is 105 cm³/mol. The van der Waals surface area contributed by atoms with Gasteiger partial charge in [0.1, 0.15) is 5.75 Å². The van der Waals surface area contributed by atoms with Crippen LogP contribution in [0.15, 0.2) is 42.5 Å². The number of carbonyl (C=O) groups is 2. The number of aryl methyl sites for hydroxylation is 3. The minimum Gasteiger partial charge on any atom is -0.482 e. The van der Waals surface area contributed by atoms with Crippen molar-refractivity contribution in [3.8, 4) is 5.75 Å². The van der Waals surface area contributed by atoms with E-state index >= 15 is 0 Å². The Morgan fingerprint density at radius 3 is 2.48 bits per heavy atom. The van der Waals surface area contributed by atoms with E-state index in [1.54, 1.807) is 0 Å². The zero-order chi connectivity index (χ0) is 19.8. The summed E-state index contributed by atoms with van der Waals surface area (Å²) in [6, 6.07) is 13.4. The third kappa shape index (κ3) is 6.13. The van der Waals surface area contributed by atoms with Crippen molar-refractivity contribution in [2.75, 3.05) is 13.2 Å². The maximum atomic E-state index is 12.0. The lowest BCUT2D eigenvalue weighted by molar-refractivity contribution is -0.150. The van der Waals surface area contributed by atoms with Gasteiger partial charge < -0.3 is 14.8 Å². The molecule has 0 heterocycles. The Bertz CT molecular complexity index is 801. The van der Waals surface area contributed by atoms with Gasteiger partial charge >= 0.3 is 5.97 Å². The monoisotopic (exact) mass is 369 g/mol. The van der Waals surface area contributed by atoms with Crippen LogP contribution < -0.4 is 10.1 Å². The molecule has 0 saturated carbocycles. The molecule has 0 aliphatic carbocycles. The molecule has 5 nitrogen and oxygen atoms in total. The van der Waals surface area contributed by atoms with Gasteiger partial charge in [0, 0.05) is 0 Å². The molecule has 0 aliphatic rings. The second-order valence-corrected chi connectivity index (χ2v) is 6.54. The first-order valence-corrected chi connectivity index (χ1v) is 9.13. The molecule has 0 radical (unpaired) electrons. The van der Waals surface area contributed by atoms with Gasteiger partial charge in [-0.05, 0) is 55.5 Å². The van der Waals surface area contributed by atoms with Crippen LogP contribution in [0, 0.1) is 13.8 Å². The number of nitrogens with one attached hydrogen (secondary N) is 1. The number of hydrogen-bond donors (Lipinski definition) is 1. The summed E-state index contributed by atoms with van der Waals surface area (Å²) in [6.07, 6.45) is 0.810. The highest BCUT2D eigenvalue weighted by Crippen LogP contribution is 2.18. The molecule has 0 fully saturated rings. The quantitative estimate of drug-likeness (QED) is 0.721. The summed E-state index contributed by atoms with van der Waals surface area (Å²) in [5.41, 5.74) is 4.41. The van der Waals surface area contributed by atoms with E-state index in [4.69, 9.17) is 9.47 Å². The highest BCUT2D eigenvalue weighted by Gasteiger charge is 2.13. The number of esters is 1. The summed E-state index contributed by atoms with van der Waals surface area (Å²) in [5.74, 6) is -0.261. The van der Waals surface area contributed by atoms with Crippen LogP contribution in [0.5, 0.6) is 5.75 Å². The Morgan fingerprint density at radius 2 is 1.78 bits per heavy atom. The predicted octanol–water partition coefficient (Wildman–Crippen LogP) is 3.67. The Labute approximate surface area is 160 Å². The topological polar surface area (TPSA) is 64.6 Å². The average molecular weight is 369 g/mol. The molecule has 0 saturated heterocycles. The van der Waals surface area contributed by atoms with Gasteiger partial charge in [0.25, 0.3) is 5.91 Å². The fraction of sp³-hybridized carbons (Fsp3) is 0.364. The van der Waals surface area contributed by atoms with E-state index in [2.05, 4.69) is 5.32 Å². The molecular weight excluding hydrogens is 342 g/mol. The average Bonchev–Trinajstić information content (AvgIpc) is 2.66.